The molecular formula is C15H21N3. The maximum atomic E-state index is 5.76. The van der Waals surface area contributed by atoms with E-state index in [1.807, 2.05) is 18.2 Å². The molecule has 0 aliphatic heterocycles. The Kier molecular flexibility index (Phi) is 3.70. The molecular weight excluding hydrogens is 222 g/mol. The molecule has 2 rings (SSSR count). The molecule has 0 fully saturated rings. The lowest BCUT2D eigenvalue weighted by molar-refractivity contribution is 0.584. The van der Waals surface area contributed by atoms with Crippen LogP contribution in [0.5, 0.6) is 0 Å². The fourth-order valence-corrected chi connectivity index (χ4v) is 1.91. The first-order valence-electron chi connectivity index (χ1n) is 6.43. The number of nitrogens with zero attached hydrogens (tertiary/aromatic N) is 2. The second kappa shape index (κ2) is 5.25. The molecule has 18 heavy (non-hydrogen) atoms. The van der Waals surface area contributed by atoms with Gasteiger partial charge in [0.2, 0.25) is 0 Å². The van der Waals surface area contributed by atoms with E-state index in [1.165, 1.54) is 6.42 Å². The molecule has 0 spiro atoms. The van der Waals surface area contributed by atoms with Gasteiger partial charge in [0.1, 0.15) is 5.82 Å². The summed E-state index contributed by atoms with van der Waals surface area (Å²) in [5, 5.41) is 1.09. The van der Waals surface area contributed by atoms with Crippen molar-refractivity contribution >= 4 is 22.4 Å². The highest BCUT2D eigenvalue weighted by atomic mass is 15.2. The molecule has 0 aliphatic rings. The third-order valence-electron chi connectivity index (χ3n) is 3.13. The van der Waals surface area contributed by atoms with E-state index < -0.39 is 0 Å². The van der Waals surface area contributed by atoms with E-state index >= 15 is 0 Å². The maximum absolute atomic E-state index is 5.76. The topological polar surface area (TPSA) is 42.1 Å². The first-order chi connectivity index (χ1) is 8.56. The Morgan fingerprint density at radius 2 is 2.00 bits per heavy atom. The van der Waals surface area contributed by atoms with Gasteiger partial charge in [-0.05, 0) is 42.7 Å². The van der Waals surface area contributed by atoms with Crippen LogP contribution in [-0.2, 0) is 0 Å². The van der Waals surface area contributed by atoms with Crippen LogP contribution in [0.15, 0.2) is 30.3 Å². The summed E-state index contributed by atoms with van der Waals surface area (Å²) in [6.45, 7) is 5.51. The van der Waals surface area contributed by atoms with Gasteiger partial charge in [0.05, 0.1) is 5.52 Å². The molecule has 0 saturated heterocycles. The molecule has 2 aromatic rings. The van der Waals surface area contributed by atoms with E-state index in [9.17, 15) is 0 Å². The van der Waals surface area contributed by atoms with E-state index in [1.54, 1.807) is 0 Å². The summed E-state index contributed by atoms with van der Waals surface area (Å²) in [6, 6.07) is 9.97. The Labute approximate surface area is 109 Å². The highest BCUT2D eigenvalue weighted by Crippen LogP contribution is 2.20. The van der Waals surface area contributed by atoms with E-state index in [0.717, 1.165) is 29.0 Å². The van der Waals surface area contributed by atoms with Crippen LogP contribution < -0.4 is 10.6 Å². The minimum absolute atomic E-state index is 0.715. The molecule has 1 aromatic heterocycles. The van der Waals surface area contributed by atoms with E-state index in [-0.39, 0.29) is 0 Å². The third-order valence-corrected chi connectivity index (χ3v) is 3.13. The summed E-state index contributed by atoms with van der Waals surface area (Å²) >= 11 is 0. The first-order valence-corrected chi connectivity index (χ1v) is 6.43. The fraction of sp³-hybridized carbons (Fsp3) is 0.400. The van der Waals surface area contributed by atoms with Crippen molar-refractivity contribution in [2.24, 2.45) is 5.92 Å². The van der Waals surface area contributed by atoms with Crippen LogP contribution in [0.1, 0.15) is 20.3 Å². The highest BCUT2D eigenvalue weighted by Gasteiger charge is 2.05. The van der Waals surface area contributed by atoms with Crippen molar-refractivity contribution in [3.63, 3.8) is 0 Å². The van der Waals surface area contributed by atoms with Gasteiger partial charge in [-0.15, -0.1) is 0 Å². The molecule has 0 saturated carbocycles. The number of hydrogen-bond acceptors (Lipinski definition) is 3. The molecule has 0 radical (unpaired) electrons. The molecule has 0 amide bonds. The molecule has 1 aromatic carbocycles. The van der Waals surface area contributed by atoms with Crippen LogP contribution in [0.3, 0.4) is 0 Å². The second-order valence-electron chi connectivity index (χ2n) is 5.23. The summed E-state index contributed by atoms with van der Waals surface area (Å²) < 4.78 is 0. The quantitative estimate of drug-likeness (QED) is 0.838. The van der Waals surface area contributed by atoms with Gasteiger partial charge in [0.25, 0.3) is 0 Å². The van der Waals surface area contributed by atoms with Crippen LogP contribution in [0, 0.1) is 5.92 Å². The largest absolute Gasteiger partial charge is 0.399 e. The van der Waals surface area contributed by atoms with Gasteiger partial charge in [-0.2, -0.15) is 0 Å². The molecule has 0 aliphatic carbocycles. The Morgan fingerprint density at radius 1 is 1.22 bits per heavy atom. The molecule has 3 nitrogen and oxygen atoms in total. The Hall–Kier alpha value is -1.77. The van der Waals surface area contributed by atoms with Crippen LogP contribution in [-0.4, -0.2) is 18.6 Å². The summed E-state index contributed by atoms with van der Waals surface area (Å²) in [7, 11) is 2.09. The summed E-state index contributed by atoms with van der Waals surface area (Å²) in [6.07, 6.45) is 1.18. The van der Waals surface area contributed by atoms with Crippen molar-refractivity contribution in [1.29, 1.82) is 0 Å². The first kappa shape index (κ1) is 12.7. The lowest BCUT2D eigenvalue weighted by atomic mass is 10.1. The number of nitrogen functional groups attached to an aromatic ring is 1. The standard InChI is InChI=1S/C15H21N3/c1-11(2)8-9-18(3)15-7-4-12-10-13(16)5-6-14(12)17-15/h4-7,10-11H,8-9,16H2,1-3H3. The Bertz CT molecular complexity index is 534. The fourth-order valence-electron chi connectivity index (χ4n) is 1.91. The average molecular weight is 243 g/mol. The molecule has 2 N–H and O–H groups in total. The van der Waals surface area contributed by atoms with Crippen molar-refractivity contribution in [3.05, 3.63) is 30.3 Å². The predicted octanol–water partition coefficient (Wildman–Crippen LogP) is 3.30. The van der Waals surface area contributed by atoms with E-state index in [4.69, 9.17) is 5.73 Å². The van der Waals surface area contributed by atoms with Crippen molar-refractivity contribution in [1.82, 2.24) is 4.98 Å². The molecule has 0 unspecified atom stereocenters. The lowest BCUT2D eigenvalue weighted by Gasteiger charge is -2.19. The number of fused-ring (bicyclic) bond motifs is 1. The monoisotopic (exact) mass is 243 g/mol. The minimum Gasteiger partial charge on any atom is -0.399 e. The number of hydrogen-bond donors (Lipinski definition) is 1. The molecule has 96 valence electrons. The number of aromatic nitrogens is 1. The van der Waals surface area contributed by atoms with Crippen molar-refractivity contribution in [2.75, 3.05) is 24.2 Å². The highest BCUT2D eigenvalue weighted by molar-refractivity contribution is 5.83. The smallest absolute Gasteiger partial charge is 0.128 e. The Balaban J connectivity index is 2.21. The molecule has 3 heteroatoms. The Morgan fingerprint density at radius 3 is 2.72 bits per heavy atom. The van der Waals surface area contributed by atoms with Gasteiger partial charge in [-0.1, -0.05) is 13.8 Å². The van der Waals surface area contributed by atoms with Crippen LogP contribution in [0.4, 0.5) is 11.5 Å². The normalized spacial score (nSPS) is 11.1. The zero-order chi connectivity index (χ0) is 13.1. The average Bonchev–Trinajstić information content (AvgIpc) is 2.35. The van der Waals surface area contributed by atoms with Crippen LogP contribution in [0.2, 0.25) is 0 Å². The molecule has 0 bridgehead atoms. The van der Waals surface area contributed by atoms with Gasteiger partial charge >= 0.3 is 0 Å². The summed E-state index contributed by atoms with van der Waals surface area (Å²) in [4.78, 5) is 6.87. The van der Waals surface area contributed by atoms with Gasteiger partial charge < -0.3 is 10.6 Å². The van der Waals surface area contributed by atoms with Gasteiger partial charge in [0, 0.05) is 24.7 Å². The van der Waals surface area contributed by atoms with E-state index in [2.05, 4.69) is 42.9 Å². The minimum atomic E-state index is 0.715. The number of nitrogens with two attached hydrogens (primary N) is 1. The molecule has 0 atom stereocenters. The van der Waals surface area contributed by atoms with Crippen LogP contribution >= 0.6 is 0 Å². The number of rotatable bonds is 4. The lowest BCUT2D eigenvalue weighted by Crippen LogP contribution is -2.20. The summed E-state index contributed by atoms with van der Waals surface area (Å²) in [5.74, 6) is 1.74. The number of pyridine rings is 1. The zero-order valence-electron chi connectivity index (χ0n) is 11.4. The van der Waals surface area contributed by atoms with Gasteiger partial charge in [0.15, 0.2) is 0 Å². The predicted molar refractivity (Wildman–Crippen MR) is 78.9 cm³/mol. The zero-order valence-corrected chi connectivity index (χ0v) is 11.4. The van der Waals surface area contributed by atoms with E-state index in [0.29, 0.717) is 5.92 Å². The third kappa shape index (κ3) is 2.92. The number of anilines is 2. The van der Waals surface area contributed by atoms with Crippen molar-refractivity contribution in [3.8, 4) is 0 Å². The van der Waals surface area contributed by atoms with Gasteiger partial charge in [-0.3, -0.25) is 0 Å². The van der Waals surface area contributed by atoms with Crippen molar-refractivity contribution in [2.45, 2.75) is 20.3 Å². The second-order valence-corrected chi connectivity index (χ2v) is 5.23. The summed E-state index contributed by atoms with van der Waals surface area (Å²) in [5.41, 5.74) is 7.55. The maximum Gasteiger partial charge on any atom is 0.128 e. The molecule has 1 heterocycles. The number of benzene rings is 1. The van der Waals surface area contributed by atoms with Crippen molar-refractivity contribution < 1.29 is 0 Å². The van der Waals surface area contributed by atoms with Crippen LogP contribution in [0.25, 0.3) is 10.9 Å². The van der Waals surface area contributed by atoms with Gasteiger partial charge in [-0.25, -0.2) is 4.98 Å². The SMILES string of the molecule is CC(C)CCN(C)c1ccc2cc(N)ccc2n1.